The van der Waals surface area contributed by atoms with E-state index in [1.165, 1.54) is 11.8 Å². The fourth-order valence-electron chi connectivity index (χ4n) is 2.45. The van der Waals surface area contributed by atoms with Crippen LogP contribution in [0, 0.1) is 6.92 Å². The molecule has 0 saturated carbocycles. The summed E-state index contributed by atoms with van der Waals surface area (Å²) in [4.78, 5) is 30.4. The van der Waals surface area contributed by atoms with Crippen molar-refractivity contribution >= 4 is 46.0 Å². The fourth-order valence-corrected chi connectivity index (χ4v) is 3.75. The van der Waals surface area contributed by atoms with Gasteiger partial charge in [0.25, 0.3) is 5.91 Å². The average Bonchev–Trinajstić information content (AvgIpc) is 2.93. The normalized spacial score (nSPS) is 20.9. The molecule has 2 aliphatic heterocycles. The molecule has 1 N–H and O–H groups in total. The van der Waals surface area contributed by atoms with Gasteiger partial charge in [-0.05, 0) is 24.6 Å². The number of aryl methyl sites for hydroxylation is 1. The summed E-state index contributed by atoms with van der Waals surface area (Å²) in [6, 6.07) is 5.33. The van der Waals surface area contributed by atoms with Crippen LogP contribution in [0.3, 0.4) is 0 Å². The van der Waals surface area contributed by atoms with Crippen LogP contribution in [0.25, 0.3) is 0 Å². The molecule has 2 aliphatic rings. The van der Waals surface area contributed by atoms with Gasteiger partial charge < -0.3 is 15.0 Å². The van der Waals surface area contributed by atoms with E-state index in [2.05, 4.69) is 10.3 Å². The quantitative estimate of drug-likeness (QED) is 0.887. The molecule has 1 unspecified atom stereocenters. The molecule has 1 atom stereocenters. The summed E-state index contributed by atoms with van der Waals surface area (Å²) in [7, 11) is 0. The van der Waals surface area contributed by atoms with Crippen LogP contribution in [-0.2, 0) is 14.3 Å². The van der Waals surface area contributed by atoms with E-state index >= 15 is 0 Å². The van der Waals surface area contributed by atoms with Crippen LogP contribution in [0.1, 0.15) is 12.0 Å². The second-order valence-electron chi connectivity index (χ2n) is 5.65. The number of thioether (sulfide) groups is 1. The molecule has 6 nitrogen and oxygen atoms in total. The van der Waals surface area contributed by atoms with E-state index in [1.54, 1.807) is 12.1 Å². The van der Waals surface area contributed by atoms with Crippen molar-refractivity contribution < 1.29 is 14.3 Å². The lowest BCUT2D eigenvalue weighted by atomic mass is 10.2. The molecule has 1 saturated heterocycles. The van der Waals surface area contributed by atoms with Crippen LogP contribution < -0.4 is 5.32 Å². The third kappa shape index (κ3) is 4.09. The van der Waals surface area contributed by atoms with Gasteiger partial charge in [-0.3, -0.25) is 9.59 Å². The summed E-state index contributed by atoms with van der Waals surface area (Å²) >= 11 is 7.41. The minimum Gasteiger partial charge on any atom is -0.378 e. The lowest BCUT2D eigenvalue weighted by Crippen LogP contribution is -2.39. The second kappa shape index (κ2) is 7.55. The summed E-state index contributed by atoms with van der Waals surface area (Å²) in [5.74, 6) is -0.474. The van der Waals surface area contributed by atoms with Crippen molar-refractivity contribution in [3.8, 4) is 0 Å². The first-order valence-corrected chi connectivity index (χ1v) is 8.96. The Labute approximate surface area is 149 Å². The molecular formula is C16H18ClN3O3S. The number of hydrogen-bond donors (Lipinski definition) is 1. The van der Waals surface area contributed by atoms with Crippen molar-refractivity contribution in [1.82, 2.24) is 4.90 Å². The van der Waals surface area contributed by atoms with E-state index in [9.17, 15) is 9.59 Å². The first-order chi connectivity index (χ1) is 11.5. The Balaban J connectivity index is 1.55. The molecule has 2 amide bonds. The van der Waals surface area contributed by atoms with E-state index in [4.69, 9.17) is 16.3 Å². The van der Waals surface area contributed by atoms with Gasteiger partial charge in [0.1, 0.15) is 5.25 Å². The van der Waals surface area contributed by atoms with E-state index in [-0.39, 0.29) is 18.2 Å². The summed E-state index contributed by atoms with van der Waals surface area (Å²) < 4.78 is 5.30. The Hall–Kier alpha value is -1.57. The summed E-state index contributed by atoms with van der Waals surface area (Å²) in [5.41, 5.74) is 1.57. The molecule has 128 valence electrons. The molecule has 2 heterocycles. The maximum absolute atomic E-state index is 12.2. The molecule has 3 rings (SSSR count). The number of nitrogens with one attached hydrogen (secondary N) is 1. The van der Waals surface area contributed by atoms with Gasteiger partial charge in [0, 0.05) is 30.2 Å². The Morgan fingerprint density at radius 3 is 2.92 bits per heavy atom. The van der Waals surface area contributed by atoms with E-state index < -0.39 is 5.25 Å². The smallest absolute Gasteiger partial charge is 0.262 e. The molecule has 0 aromatic heterocycles. The third-order valence-corrected chi connectivity index (χ3v) is 5.46. The van der Waals surface area contributed by atoms with Gasteiger partial charge in [-0.1, -0.05) is 29.4 Å². The van der Waals surface area contributed by atoms with Crippen LogP contribution in [0.15, 0.2) is 23.2 Å². The molecule has 24 heavy (non-hydrogen) atoms. The number of rotatable bonds is 3. The van der Waals surface area contributed by atoms with Crippen LogP contribution in [0.5, 0.6) is 0 Å². The highest BCUT2D eigenvalue weighted by Crippen LogP contribution is 2.28. The predicted molar refractivity (Wildman–Crippen MR) is 95.6 cm³/mol. The number of ether oxygens (including phenoxy) is 1. The Kier molecular flexibility index (Phi) is 5.43. The molecule has 0 aliphatic carbocycles. The van der Waals surface area contributed by atoms with Crippen molar-refractivity contribution in [2.75, 3.05) is 31.6 Å². The topological polar surface area (TPSA) is 71.0 Å². The van der Waals surface area contributed by atoms with E-state index in [0.717, 1.165) is 18.7 Å². The molecule has 0 bridgehead atoms. The molecule has 0 radical (unpaired) electrons. The highest BCUT2D eigenvalue weighted by atomic mass is 35.5. The molecule has 0 spiro atoms. The Morgan fingerprint density at radius 2 is 2.21 bits per heavy atom. The number of carbonyl (C=O) groups is 2. The van der Waals surface area contributed by atoms with E-state index in [0.29, 0.717) is 29.1 Å². The zero-order chi connectivity index (χ0) is 17.1. The molecule has 1 aromatic carbocycles. The van der Waals surface area contributed by atoms with Crippen molar-refractivity contribution in [3.63, 3.8) is 0 Å². The molecule has 8 heteroatoms. The standard InChI is InChI=1S/C16H18ClN3O3S/c1-10-2-3-11(8-12(10)17)18-14(21)9-13-15(22)19-16(24-13)20-4-6-23-7-5-20/h2-3,8,13H,4-7,9H2,1H3,(H,18,21). The summed E-state index contributed by atoms with van der Waals surface area (Å²) in [6.07, 6.45) is 0.0896. The first kappa shape index (κ1) is 17.3. The van der Waals surface area contributed by atoms with Gasteiger partial charge in [0.2, 0.25) is 5.91 Å². The number of amidine groups is 1. The van der Waals surface area contributed by atoms with Gasteiger partial charge in [0.15, 0.2) is 5.17 Å². The van der Waals surface area contributed by atoms with Crippen LogP contribution in [-0.4, -0.2) is 53.4 Å². The number of hydrogen-bond acceptors (Lipinski definition) is 5. The maximum atomic E-state index is 12.2. The average molecular weight is 368 g/mol. The molecule has 1 fully saturated rings. The number of aliphatic imine (C=N–C) groups is 1. The van der Waals surface area contributed by atoms with Gasteiger partial charge >= 0.3 is 0 Å². The lowest BCUT2D eigenvalue weighted by molar-refractivity contribution is -0.121. The largest absolute Gasteiger partial charge is 0.378 e. The summed E-state index contributed by atoms with van der Waals surface area (Å²) in [6.45, 7) is 4.60. The lowest BCUT2D eigenvalue weighted by Gasteiger charge is -2.27. The fraction of sp³-hybridized carbons (Fsp3) is 0.438. The minimum atomic E-state index is -0.469. The van der Waals surface area contributed by atoms with Crippen molar-refractivity contribution in [3.05, 3.63) is 28.8 Å². The molecule has 1 aromatic rings. The predicted octanol–water partition coefficient (Wildman–Crippen LogP) is 2.31. The third-order valence-electron chi connectivity index (χ3n) is 3.84. The maximum Gasteiger partial charge on any atom is 0.262 e. The zero-order valence-corrected chi connectivity index (χ0v) is 14.8. The van der Waals surface area contributed by atoms with Crippen LogP contribution >= 0.6 is 23.4 Å². The first-order valence-electron chi connectivity index (χ1n) is 7.71. The Morgan fingerprint density at radius 1 is 1.46 bits per heavy atom. The second-order valence-corrected chi connectivity index (χ2v) is 7.23. The van der Waals surface area contributed by atoms with Gasteiger partial charge in [-0.25, -0.2) is 0 Å². The number of halogens is 1. The van der Waals surface area contributed by atoms with Gasteiger partial charge in [-0.15, -0.1) is 0 Å². The van der Waals surface area contributed by atoms with Gasteiger partial charge in [0.05, 0.1) is 13.2 Å². The van der Waals surface area contributed by atoms with Crippen molar-refractivity contribution in [2.45, 2.75) is 18.6 Å². The van der Waals surface area contributed by atoms with Crippen LogP contribution in [0.2, 0.25) is 5.02 Å². The number of nitrogens with zero attached hydrogens (tertiary/aromatic N) is 2. The number of carbonyl (C=O) groups excluding carboxylic acids is 2. The number of amides is 2. The highest BCUT2D eigenvalue weighted by Gasteiger charge is 2.33. The van der Waals surface area contributed by atoms with Crippen molar-refractivity contribution in [1.29, 1.82) is 0 Å². The van der Waals surface area contributed by atoms with E-state index in [1.807, 2.05) is 17.9 Å². The number of anilines is 1. The Bertz CT molecular complexity index is 689. The SMILES string of the molecule is Cc1ccc(NC(=O)CC2SC(N3CCOCC3)=NC2=O)cc1Cl. The number of benzene rings is 1. The zero-order valence-electron chi connectivity index (χ0n) is 13.3. The van der Waals surface area contributed by atoms with Crippen molar-refractivity contribution in [2.24, 2.45) is 4.99 Å². The minimum absolute atomic E-state index is 0.0896. The number of morpholine rings is 1. The molecular weight excluding hydrogens is 350 g/mol. The monoisotopic (exact) mass is 367 g/mol. The van der Waals surface area contributed by atoms with Crippen LogP contribution in [0.4, 0.5) is 5.69 Å². The van der Waals surface area contributed by atoms with Gasteiger partial charge in [-0.2, -0.15) is 4.99 Å². The highest BCUT2D eigenvalue weighted by molar-refractivity contribution is 8.15. The summed E-state index contributed by atoms with van der Waals surface area (Å²) in [5, 5.41) is 3.60.